The maximum Gasteiger partial charge on any atom is 0.123 e. The molecule has 1 aromatic carbocycles. The molecule has 0 spiro atoms. The average Bonchev–Trinajstić information content (AvgIpc) is 2.51. The van der Waals surface area contributed by atoms with E-state index in [4.69, 9.17) is 4.74 Å². The van der Waals surface area contributed by atoms with Crippen LogP contribution in [0.5, 0.6) is 5.75 Å². The minimum atomic E-state index is -0.0959. The molecule has 2 rings (SSSR count). The Morgan fingerprint density at radius 1 is 1.27 bits per heavy atom. The average molecular weight is 306 g/mol. The first-order chi connectivity index (χ1) is 10.4. The molecule has 0 aromatic heterocycles. The minimum Gasteiger partial charge on any atom is -0.488 e. The zero-order valence-electron chi connectivity index (χ0n) is 15.7. The molecule has 2 nitrogen and oxygen atoms in total. The molecule has 1 aliphatic heterocycles. The van der Waals surface area contributed by atoms with E-state index < -0.39 is 0 Å². The number of hydrogen-bond acceptors (Lipinski definition) is 2. The van der Waals surface area contributed by atoms with E-state index in [0.717, 1.165) is 31.7 Å². The predicted molar refractivity (Wildman–Crippen MR) is 96.7 cm³/mol. The minimum absolute atomic E-state index is 0.0959. The van der Waals surface area contributed by atoms with Crippen molar-refractivity contribution in [1.29, 1.82) is 0 Å². The van der Waals surface area contributed by atoms with Gasteiger partial charge < -0.3 is 10.1 Å². The fourth-order valence-corrected chi connectivity index (χ4v) is 3.17. The maximum absolute atomic E-state index is 6.35. The van der Waals surface area contributed by atoms with Gasteiger partial charge >= 0.3 is 0 Å². The van der Waals surface area contributed by atoms with Crippen molar-refractivity contribution in [2.75, 3.05) is 6.54 Å². The lowest BCUT2D eigenvalue weighted by molar-refractivity contribution is 0.0807. The third-order valence-electron chi connectivity index (χ3n) is 4.44. The molecule has 1 unspecified atom stereocenters. The first-order valence-electron chi connectivity index (χ1n) is 8.94. The highest BCUT2D eigenvalue weighted by Crippen LogP contribution is 2.32. The number of fused-ring (bicyclic) bond motifs is 1. The monoisotopic (exact) mass is 305 g/mol. The second kappa shape index (κ2) is 8.57. The summed E-state index contributed by atoms with van der Waals surface area (Å²) in [6.45, 7) is 17.2. The Kier molecular flexibility index (Phi) is 7.41. The van der Waals surface area contributed by atoms with Crippen molar-refractivity contribution in [3.8, 4) is 5.75 Å². The zero-order valence-corrected chi connectivity index (χ0v) is 15.7. The Balaban J connectivity index is 0.00000116. The molecule has 1 N–H and O–H groups in total. The summed E-state index contributed by atoms with van der Waals surface area (Å²) in [5.41, 5.74) is 4.16. The Hall–Kier alpha value is -1.02. The quantitative estimate of drug-likeness (QED) is 0.801. The number of nitrogens with one attached hydrogen (secondary N) is 1. The van der Waals surface area contributed by atoms with Gasteiger partial charge in [0.15, 0.2) is 0 Å². The van der Waals surface area contributed by atoms with Gasteiger partial charge in [0, 0.05) is 6.54 Å². The number of ether oxygens (including phenoxy) is 1. The van der Waals surface area contributed by atoms with Crippen molar-refractivity contribution in [3.63, 3.8) is 0 Å². The lowest BCUT2D eigenvalue weighted by Gasteiger charge is -2.31. The SMILES string of the molecule is CC.CCC(C)CC(C)(C)Oc1ccc2c(c1C)CCNC2. The van der Waals surface area contributed by atoms with E-state index in [2.05, 4.69) is 52.1 Å². The summed E-state index contributed by atoms with van der Waals surface area (Å²) >= 11 is 0. The van der Waals surface area contributed by atoms with E-state index in [1.807, 2.05) is 13.8 Å². The number of hydrogen-bond donors (Lipinski definition) is 1. The van der Waals surface area contributed by atoms with Gasteiger partial charge in [0.05, 0.1) is 0 Å². The molecule has 1 atom stereocenters. The zero-order chi connectivity index (χ0) is 16.8. The van der Waals surface area contributed by atoms with Crippen LogP contribution in [0.4, 0.5) is 0 Å². The largest absolute Gasteiger partial charge is 0.488 e. The Labute approximate surface area is 137 Å². The topological polar surface area (TPSA) is 21.3 Å². The van der Waals surface area contributed by atoms with E-state index in [0.29, 0.717) is 5.92 Å². The van der Waals surface area contributed by atoms with Crippen LogP contribution in [0, 0.1) is 12.8 Å². The van der Waals surface area contributed by atoms with Crippen LogP contribution in [0.25, 0.3) is 0 Å². The molecule has 0 fully saturated rings. The van der Waals surface area contributed by atoms with Gasteiger partial charge in [0.2, 0.25) is 0 Å². The first-order valence-corrected chi connectivity index (χ1v) is 8.94. The van der Waals surface area contributed by atoms with Crippen molar-refractivity contribution in [3.05, 3.63) is 28.8 Å². The fourth-order valence-electron chi connectivity index (χ4n) is 3.17. The van der Waals surface area contributed by atoms with Crippen molar-refractivity contribution in [2.45, 2.75) is 79.9 Å². The summed E-state index contributed by atoms with van der Waals surface area (Å²) < 4.78 is 6.35. The summed E-state index contributed by atoms with van der Waals surface area (Å²) in [6, 6.07) is 4.38. The Morgan fingerprint density at radius 3 is 2.59 bits per heavy atom. The molecule has 22 heavy (non-hydrogen) atoms. The standard InChI is InChI=1S/C18H29NO.C2H6/c1-6-13(2)11-18(4,5)20-17-8-7-15-12-19-10-9-16(15)14(17)3;1-2/h7-8,13,19H,6,9-12H2,1-5H3;1-2H3. The molecule has 0 amide bonds. The Morgan fingerprint density at radius 2 is 1.95 bits per heavy atom. The van der Waals surface area contributed by atoms with Crippen LogP contribution in [-0.4, -0.2) is 12.1 Å². The molecule has 0 saturated carbocycles. The van der Waals surface area contributed by atoms with E-state index >= 15 is 0 Å². The number of benzene rings is 1. The van der Waals surface area contributed by atoms with Crippen LogP contribution >= 0.6 is 0 Å². The normalized spacial score (nSPS) is 15.4. The summed E-state index contributed by atoms with van der Waals surface area (Å²) in [5.74, 6) is 1.77. The van der Waals surface area contributed by atoms with Gasteiger partial charge in [-0.05, 0) is 68.8 Å². The molecule has 126 valence electrons. The second-order valence-corrected chi connectivity index (χ2v) is 6.83. The molecule has 0 radical (unpaired) electrons. The highest BCUT2D eigenvalue weighted by atomic mass is 16.5. The van der Waals surface area contributed by atoms with Gasteiger partial charge in [-0.15, -0.1) is 0 Å². The van der Waals surface area contributed by atoms with Crippen LogP contribution in [0.1, 0.15) is 71.1 Å². The van der Waals surface area contributed by atoms with Crippen LogP contribution in [0.2, 0.25) is 0 Å². The summed E-state index contributed by atoms with van der Waals surface area (Å²) in [6.07, 6.45) is 3.42. The molecular formula is C20H35NO. The van der Waals surface area contributed by atoms with Gasteiger partial charge in [-0.1, -0.05) is 40.2 Å². The molecule has 1 aliphatic rings. The van der Waals surface area contributed by atoms with Crippen molar-refractivity contribution >= 4 is 0 Å². The third kappa shape index (κ3) is 5.01. The maximum atomic E-state index is 6.35. The summed E-state index contributed by atoms with van der Waals surface area (Å²) in [7, 11) is 0. The van der Waals surface area contributed by atoms with E-state index in [1.165, 1.54) is 23.1 Å². The van der Waals surface area contributed by atoms with E-state index in [9.17, 15) is 0 Å². The first kappa shape index (κ1) is 19.0. The van der Waals surface area contributed by atoms with Crippen LogP contribution in [0.3, 0.4) is 0 Å². The van der Waals surface area contributed by atoms with Crippen LogP contribution in [0.15, 0.2) is 12.1 Å². The molecular weight excluding hydrogens is 270 g/mol. The molecule has 0 saturated heterocycles. The Bertz CT molecular complexity index is 465. The molecule has 1 heterocycles. The van der Waals surface area contributed by atoms with Gasteiger partial charge in [-0.25, -0.2) is 0 Å². The highest BCUT2D eigenvalue weighted by molar-refractivity contribution is 5.45. The van der Waals surface area contributed by atoms with Gasteiger partial charge in [0.1, 0.15) is 11.4 Å². The van der Waals surface area contributed by atoms with Gasteiger partial charge in [0.25, 0.3) is 0 Å². The van der Waals surface area contributed by atoms with Crippen LogP contribution in [-0.2, 0) is 13.0 Å². The second-order valence-electron chi connectivity index (χ2n) is 6.83. The lowest BCUT2D eigenvalue weighted by Crippen LogP contribution is -2.31. The van der Waals surface area contributed by atoms with Crippen molar-refractivity contribution in [1.82, 2.24) is 5.32 Å². The molecule has 2 heteroatoms. The lowest BCUT2D eigenvalue weighted by atomic mass is 9.92. The molecule has 0 bridgehead atoms. The summed E-state index contributed by atoms with van der Waals surface area (Å²) in [5, 5.41) is 3.43. The molecule has 1 aromatic rings. The van der Waals surface area contributed by atoms with E-state index in [-0.39, 0.29) is 5.60 Å². The van der Waals surface area contributed by atoms with Crippen molar-refractivity contribution < 1.29 is 4.74 Å². The number of rotatable bonds is 5. The van der Waals surface area contributed by atoms with Crippen LogP contribution < -0.4 is 10.1 Å². The van der Waals surface area contributed by atoms with Crippen molar-refractivity contribution in [2.24, 2.45) is 5.92 Å². The van der Waals surface area contributed by atoms with Gasteiger partial charge in [-0.2, -0.15) is 0 Å². The predicted octanol–water partition coefficient (Wildman–Crippen LogP) is 5.26. The summed E-state index contributed by atoms with van der Waals surface area (Å²) in [4.78, 5) is 0. The van der Waals surface area contributed by atoms with E-state index in [1.54, 1.807) is 0 Å². The fraction of sp³-hybridized carbons (Fsp3) is 0.700. The smallest absolute Gasteiger partial charge is 0.123 e. The third-order valence-corrected chi connectivity index (χ3v) is 4.44. The molecule has 0 aliphatic carbocycles. The highest BCUT2D eigenvalue weighted by Gasteiger charge is 2.24. The van der Waals surface area contributed by atoms with Gasteiger partial charge in [-0.3, -0.25) is 0 Å².